The molecule has 0 spiro atoms. The van der Waals surface area contributed by atoms with Crippen LogP contribution in [0.25, 0.3) is 0 Å². The molecular weight excluding hydrogens is 361 g/mol. The lowest BCUT2D eigenvalue weighted by Crippen LogP contribution is -2.32. The number of amides is 1. The van der Waals surface area contributed by atoms with E-state index in [4.69, 9.17) is 4.74 Å². The summed E-state index contributed by atoms with van der Waals surface area (Å²) in [5, 5.41) is 7.43. The Morgan fingerprint density at radius 2 is 2.04 bits per heavy atom. The van der Waals surface area contributed by atoms with E-state index in [0.717, 1.165) is 0 Å². The number of ether oxygens (including phenoxy) is 1. The van der Waals surface area contributed by atoms with Gasteiger partial charge in [-0.15, -0.1) is 0 Å². The van der Waals surface area contributed by atoms with Crippen LogP contribution >= 0.6 is 0 Å². The van der Waals surface area contributed by atoms with Crippen LogP contribution in [-0.2, 0) is 4.74 Å². The second kappa shape index (κ2) is 7.13. The molecule has 2 fully saturated rings. The van der Waals surface area contributed by atoms with Crippen molar-refractivity contribution < 1.29 is 18.7 Å². The number of rotatable bonds is 6. The zero-order valence-electron chi connectivity index (χ0n) is 16.2. The molecule has 1 N–H and O–H groups in total. The summed E-state index contributed by atoms with van der Waals surface area (Å²) in [5.41, 5.74) is 1.81. The number of nitrogens with zero attached hydrogens (tertiary/aromatic N) is 2. The number of benzene rings is 1. The van der Waals surface area contributed by atoms with Crippen molar-refractivity contribution in [3.05, 3.63) is 52.6 Å². The van der Waals surface area contributed by atoms with Crippen LogP contribution in [0, 0.1) is 24.6 Å². The fourth-order valence-electron chi connectivity index (χ4n) is 3.87. The predicted octanol–water partition coefficient (Wildman–Crippen LogP) is 2.91. The van der Waals surface area contributed by atoms with Crippen molar-refractivity contribution in [1.29, 1.82) is 0 Å². The number of hydrogen-bond donors (Lipinski definition) is 1. The summed E-state index contributed by atoms with van der Waals surface area (Å²) in [4.78, 5) is 25.1. The lowest BCUT2D eigenvalue weighted by molar-refractivity contribution is 0.0916. The number of fused-ring (bicyclic) bond motifs is 1. The van der Waals surface area contributed by atoms with Crippen molar-refractivity contribution in [1.82, 2.24) is 15.1 Å². The highest BCUT2D eigenvalue weighted by Crippen LogP contribution is 2.44. The lowest BCUT2D eigenvalue weighted by Gasteiger charge is -2.17. The second-order valence-electron chi connectivity index (χ2n) is 7.69. The van der Waals surface area contributed by atoms with E-state index in [1.807, 2.05) is 13.0 Å². The molecule has 2 heterocycles. The molecule has 4 atom stereocenters. The highest BCUT2D eigenvalue weighted by atomic mass is 19.1. The van der Waals surface area contributed by atoms with Gasteiger partial charge in [-0.3, -0.25) is 14.3 Å². The van der Waals surface area contributed by atoms with Crippen LogP contribution in [0.5, 0.6) is 0 Å². The van der Waals surface area contributed by atoms with Gasteiger partial charge < -0.3 is 10.1 Å². The fraction of sp³-hybridized carbons (Fsp3) is 0.476. The molecule has 4 rings (SSSR count). The first-order chi connectivity index (χ1) is 13.4. The van der Waals surface area contributed by atoms with Crippen LogP contribution in [0.2, 0.25) is 0 Å². The average Bonchev–Trinajstić information content (AvgIpc) is 3.10. The second-order valence-corrected chi connectivity index (χ2v) is 7.69. The number of ketones is 1. The Kier molecular flexibility index (Phi) is 4.79. The van der Waals surface area contributed by atoms with Gasteiger partial charge in [-0.2, -0.15) is 5.10 Å². The highest BCUT2D eigenvalue weighted by Gasteiger charge is 2.55. The summed E-state index contributed by atoms with van der Waals surface area (Å²) in [6.07, 6.45) is 0.301. The average molecular weight is 385 g/mol. The number of Topliss-reactive ketones (excluding diaryl/α,β-unsaturated/α-hetero) is 1. The molecule has 1 saturated heterocycles. The standard InChI is InChI=1S/C21H24FN3O3/c1-4-19(26)17-8-18(21(27)23-20-14-9-28-10-15(14)20)25(24-17)12(3)13-6-5-11(2)16(22)7-13/h5-8,12,14-15,20H,4,9-10H2,1-3H3,(H,23,27)/t12-,14-,15+,20?/m1/s1. The number of carbonyl (C=O) groups is 2. The number of nitrogens with one attached hydrogen (secondary N) is 1. The Morgan fingerprint density at radius 1 is 1.32 bits per heavy atom. The number of carbonyl (C=O) groups excluding carboxylic acids is 2. The molecule has 1 saturated carbocycles. The van der Waals surface area contributed by atoms with Crippen molar-refractivity contribution >= 4 is 11.7 Å². The number of aromatic nitrogens is 2. The van der Waals surface area contributed by atoms with E-state index in [9.17, 15) is 14.0 Å². The molecule has 2 aliphatic rings. The topological polar surface area (TPSA) is 73.2 Å². The molecule has 1 aromatic heterocycles. The Balaban J connectivity index is 1.64. The first-order valence-electron chi connectivity index (χ1n) is 9.68. The first kappa shape index (κ1) is 18.8. The minimum Gasteiger partial charge on any atom is -0.381 e. The molecule has 7 heteroatoms. The quantitative estimate of drug-likeness (QED) is 0.776. The highest BCUT2D eigenvalue weighted by molar-refractivity contribution is 5.99. The maximum Gasteiger partial charge on any atom is 0.269 e. The van der Waals surface area contributed by atoms with E-state index >= 15 is 0 Å². The van der Waals surface area contributed by atoms with Crippen LogP contribution < -0.4 is 5.32 Å². The van der Waals surface area contributed by atoms with Gasteiger partial charge in [0.2, 0.25) is 0 Å². The third kappa shape index (κ3) is 3.24. The minimum absolute atomic E-state index is 0.113. The van der Waals surface area contributed by atoms with Gasteiger partial charge in [0, 0.05) is 30.4 Å². The van der Waals surface area contributed by atoms with Gasteiger partial charge >= 0.3 is 0 Å². The summed E-state index contributed by atoms with van der Waals surface area (Å²) in [6.45, 7) is 6.64. The molecule has 0 radical (unpaired) electrons. The number of hydrogen-bond acceptors (Lipinski definition) is 4. The van der Waals surface area contributed by atoms with Gasteiger partial charge in [0.25, 0.3) is 5.91 Å². The van der Waals surface area contributed by atoms with E-state index in [-0.39, 0.29) is 29.2 Å². The fourth-order valence-corrected chi connectivity index (χ4v) is 3.87. The zero-order valence-corrected chi connectivity index (χ0v) is 16.2. The van der Waals surface area contributed by atoms with Gasteiger partial charge in [-0.25, -0.2) is 4.39 Å². The summed E-state index contributed by atoms with van der Waals surface area (Å²) < 4.78 is 20.9. The van der Waals surface area contributed by atoms with Gasteiger partial charge in [0.1, 0.15) is 17.2 Å². The number of aryl methyl sites for hydroxylation is 1. The molecule has 28 heavy (non-hydrogen) atoms. The number of halogens is 1. The molecule has 0 bridgehead atoms. The molecular formula is C21H24FN3O3. The van der Waals surface area contributed by atoms with E-state index in [0.29, 0.717) is 48.3 Å². The van der Waals surface area contributed by atoms with Crippen molar-refractivity contribution in [2.24, 2.45) is 11.8 Å². The molecule has 6 nitrogen and oxygen atoms in total. The Labute approximate surface area is 163 Å². The molecule has 1 amide bonds. The van der Waals surface area contributed by atoms with Crippen LogP contribution in [-0.4, -0.2) is 40.7 Å². The Hall–Kier alpha value is -2.54. The van der Waals surface area contributed by atoms with Crippen LogP contribution in [0.4, 0.5) is 4.39 Å². The van der Waals surface area contributed by atoms with Crippen LogP contribution in [0.3, 0.4) is 0 Å². The van der Waals surface area contributed by atoms with Gasteiger partial charge in [-0.05, 0) is 31.0 Å². The largest absolute Gasteiger partial charge is 0.381 e. The summed E-state index contributed by atoms with van der Waals surface area (Å²) in [5.74, 6) is 0.0489. The molecule has 1 aliphatic heterocycles. The van der Waals surface area contributed by atoms with Crippen molar-refractivity contribution in [2.75, 3.05) is 13.2 Å². The lowest BCUT2D eigenvalue weighted by atomic mass is 10.1. The first-order valence-corrected chi connectivity index (χ1v) is 9.68. The smallest absolute Gasteiger partial charge is 0.269 e. The molecule has 1 aromatic carbocycles. The minimum atomic E-state index is -0.392. The summed E-state index contributed by atoms with van der Waals surface area (Å²) >= 11 is 0. The van der Waals surface area contributed by atoms with Gasteiger partial charge in [0.15, 0.2) is 5.78 Å². The van der Waals surface area contributed by atoms with Crippen molar-refractivity contribution in [2.45, 2.75) is 39.3 Å². The zero-order chi connectivity index (χ0) is 20.0. The van der Waals surface area contributed by atoms with Crippen LogP contribution in [0.15, 0.2) is 24.3 Å². The monoisotopic (exact) mass is 385 g/mol. The Bertz CT molecular complexity index is 929. The Morgan fingerprint density at radius 3 is 2.68 bits per heavy atom. The van der Waals surface area contributed by atoms with Crippen molar-refractivity contribution in [3.8, 4) is 0 Å². The molecule has 1 aliphatic carbocycles. The van der Waals surface area contributed by atoms with E-state index in [1.165, 1.54) is 16.8 Å². The third-order valence-corrected chi connectivity index (χ3v) is 5.87. The van der Waals surface area contributed by atoms with Gasteiger partial charge in [0.05, 0.1) is 19.3 Å². The molecule has 148 valence electrons. The molecule has 1 unspecified atom stereocenters. The normalized spacial score (nSPS) is 23.9. The van der Waals surface area contributed by atoms with E-state index in [2.05, 4.69) is 10.4 Å². The predicted molar refractivity (Wildman–Crippen MR) is 101 cm³/mol. The van der Waals surface area contributed by atoms with Crippen LogP contribution in [0.1, 0.15) is 58.4 Å². The SMILES string of the molecule is CCC(=O)c1cc(C(=O)NC2[C@H]3COC[C@@H]23)n([C@H](C)c2ccc(C)c(F)c2)n1. The molecule has 2 aromatic rings. The maximum absolute atomic E-state index is 14.0. The van der Waals surface area contributed by atoms with E-state index in [1.54, 1.807) is 19.9 Å². The van der Waals surface area contributed by atoms with E-state index < -0.39 is 6.04 Å². The van der Waals surface area contributed by atoms with Gasteiger partial charge in [-0.1, -0.05) is 19.1 Å². The summed E-state index contributed by atoms with van der Waals surface area (Å²) in [6, 6.07) is 6.23. The maximum atomic E-state index is 14.0. The third-order valence-electron chi connectivity index (χ3n) is 5.87. The van der Waals surface area contributed by atoms with Crippen molar-refractivity contribution in [3.63, 3.8) is 0 Å². The summed E-state index contributed by atoms with van der Waals surface area (Å²) in [7, 11) is 0.